The zero-order valence-electron chi connectivity index (χ0n) is 7.84. The maximum atomic E-state index is 11.6. The van der Waals surface area contributed by atoms with Gasteiger partial charge in [0, 0.05) is 6.04 Å². The molecule has 82 valence electrons. The molecule has 1 fully saturated rings. The second kappa shape index (κ2) is 3.72. The van der Waals surface area contributed by atoms with Crippen LogP contribution in [-0.4, -0.2) is 24.4 Å². The molecule has 0 unspecified atom stereocenters. The SMILES string of the molecule is NNc1ncc(S(=O)(=O)NC2CC2)cn1. The Labute approximate surface area is 87.1 Å². The molecular formula is C7H11N5O2S. The molecule has 1 aromatic rings. The van der Waals surface area contributed by atoms with E-state index < -0.39 is 10.0 Å². The van der Waals surface area contributed by atoms with Crippen LogP contribution in [0.5, 0.6) is 0 Å². The fourth-order valence-corrected chi connectivity index (χ4v) is 2.21. The molecular weight excluding hydrogens is 218 g/mol. The number of hydrogen-bond acceptors (Lipinski definition) is 6. The normalized spacial score (nSPS) is 16.3. The van der Waals surface area contributed by atoms with E-state index in [9.17, 15) is 8.42 Å². The van der Waals surface area contributed by atoms with Crippen LogP contribution in [0.1, 0.15) is 12.8 Å². The largest absolute Gasteiger partial charge is 0.292 e. The molecule has 1 aliphatic rings. The lowest BCUT2D eigenvalue weighted by atomic mass is 10.7. The van der Waals surface area contributed by atoms with Crippen molar-refractivity contribution in [3.8, 4) is 0 Å². The summed E-state index contributed by atoms with van der Waals surface area (Å²) >= 11 is 0. The second-order valence-electron chi connectivity index (χ2n) is 3.28. The van der Waals surface area contributed by atoms with Gasteiger partial charge < -0.3 is 0 Å². The topological polar surface area (TPSA) is 110 Å². The molecule has 0 radical (unpaired) electrons. The average Bonchev–Trinajstić information content (AvgIpc) is 3.01. The number of sulfonamides is 1. The summed E-state index contributed by atoms with van der Waals surface area (Å²) in [7, 11) is -3.47. The summed E-state index contributed by atoms with van der Waals surface area (Å²) in [6.45, 7) is 0. The molecule has 1 aliphatic carbocycles. The van der Waals surface area contributed by atoms with Crippen molar-refractivity contribution >= 4 is 16.0 Å². The van der Waals surface area contributed by atoms with Crippen LogP contribution in [-0.2, 0) is 10.0 Å². The van der Waals surface area contributed by atoms with Gasteiger partial charge in [-0.25, -0.2) is 29.0 Å². The number of nitrogen functional groups attached to an aromatic ring is 1. The highest BCUT2D eigenvalue weighted by Gasteiger charge is 2.28. The number of hydrazine groups is 1. The maximum Gasteiger partial charge on any atom is 0.243 e. The first kappa shape index (κ1) is 10.3. The van der Waals surface area contributed by atoms with E-state index in [-0.39, 0.29) is 16.9 Å². The maximum absolute atomic E-state index is 11.6. The molecule has 2 rings (SSSR count). The summed E-state index contributed by atoms with van der Waals surface area (Å²) in [5.74, 6) is 5.24. The van der Waals surface area contributed by atoms with Crippen molar-refractivity contribution in [1.82, 2.24) is 14.7 Å². The number of anilines is 1. The zero-order chi connectivity index (χ0) is 10.9. The molecule has 0 aliphatic heterocycles. The summed E-state index contributed by atoms with van der Waals surface area (Å²) in [6, 6.07) is 0.0716. The standard InChI is InChI=1S/C7H11N5O2S/c8-11-7-9-3-6(4-10-7)15(13,14)12-5-1-2-5/h3-5,12H,1-2,8H2,(H,9,10,11). The lowest BCUT2D eigenvalue weighted by molar-refractivity contribution is 0.580. The number of rotatable bonds is 4. The van der Waals surface area contributed by atoms with Crippen LogP contribution in [0.25, 0.3) is 0 Å². The number of nitrogens with one attached hydrogen (secondary N) is 2. The first-order valence-corrected chi connectivity index (χ1v) is 5.91. The molecule has 0 bridgehead atoms. The predicted molar refractivity (Wildman–Crippen MR) is 53.2 cm³/mol. The third kappa shape index (κ3) is 2.41. The van der Waals surface area contributed by atoms with Crippen LogP contribution in [0.4, 0.5) is 5.95 Å². The van der Waals surface area contributed by atoms with E-state index in [0.717, 1.165) is 12.8 Å². The van der Waals surface area contributed by atoms with E-state index in [0.29, 0.717) is 0 Å². The molecule has 0 saturated heterocycles. The van der Waals surface area contributed by atoms with Crippen molar-refractivity contribution in [2.45, 2.75) is 23.8 Å². The molecule has 7 nitrogen and oxygen atoms in total. The molecule has 15 heavy (non-hydrogen) atoms. The van der Waals surface area contributed by atoms with Crippen molar-refractivity contribution < 1.29 is 8.42 Å². The van der Waals surface area contributed by atoms with Gasteiger partial charge >= 0.3 is 0 Å². The molecule has 4 N–H and O–H groups in total. The van der Waals surface area contributed by atoms with Gasteiger partial charge in [0.2, 0.25) is 16.0 Å². The van der Waals surface area contributed by atoms with Crippen molar-refractivity contribution in [1.29, 1.82) is 0 Å². The highest BCUT2D eigenvalue weighted by Crippen LogP contribution is 2.21. The van der Waals surface area contributed by atoms with Gasteiger partial charge in [-0.2, -0.15) is 0 Å². The Morgan fingerprint density at radius 3 is 2.40 bits per heavy atom. The minimum absolute atomic E-state index is 0.0494. The van der Waals surface area contributed by atoms with E-state index in [4.69, 9.17) is 5.84 Å². The molecule has 0 spiro atoms. The van der Waals surface area contributed by atoms with Crippen molar-refractivity contribution in [3.05, 3.63) is 12.4 Å². The molecule has 0 aromatic carbocycles. The third-order valence-electron chi connectivity index (χ3n) is 1.97. The van der Waals surface area contributed by atoms with Crippen molar-refractivity contribution in [2.75, 3.05) is 5.43 Å². The molecule has 8 heteroatoms. The Morgan fingerprint density at radius 1 is 1.33 bits per heavy atom. The monoisotopic (exact) mass is 229 g/mol. The van der Waals surface area contributed by atoms with E-state index in [1.54, 1.807) is 0 Å². The minimum Gasteiger partial charge on any atom is -0.292 e. The van der Waals surface area contributed by atoms with Crippen LogP contribution in [0.3, 0.4) is 0 Å². The van der Waals surface area contributed by atoms with Crippen LogP contribution < -0.4 is 16.0 Å². The molecule has 0 atom stereocenters. The molecule has 1 aromatic heterocycles. The Bertz CT molecular complexity index is 439. The Morgan fingerprint density at radius 2 is 1.93 bits per heavy atom. The summed E-state index contributed by atoms with van der Waals surface area (Å²) in [6.07, 6.45) is 4.21. The summed E-state index contributed by atoms with van der Waals surface area (Å²) < 4.78 is 25.8. The Balaban J connectivity index is 2.19. The van der Waals surface area contributed by atoms with E-state index in [1.807, 2.05) is 0 Å². The Hall–Kier alpha value is -1.25. The van der Waals surface area contributed by atoms with Crippen LogP contribution in [0.15, 0.2) is 17.3 Å². The fraction of sp³-hybridized carbons (Fsp3) is 0.429. The van der Waals surface area contributed by atoms with Crippen LogP contribution >= 0.6 is 0 Å². The predicted octanol–water partition coefficient (Wildman–Crippen LogP) is -0.797. The fourth-order valence-electron chi connectivity index (χ4n) is 1.02. The lowest BCUT2D eigenvalue weighted by Crippen LogP contribution is -2.26. The first-order chi connectivity index (χ1) is 7.12. The van der Waals surface area contributed by atoms with E-state index >= 15 is 0 Å². The van der Waals surface area contributed by atoms with Gasteiger partial charge in [0.15, 0.2) is 0 Å². The van der Waals surface area contributed by atoms with E-state index in [1.165, 1.54) is 12.4 Å². The summed E-state index contributed by atoms with van der Waals surface area (Å²) in [5, 5.41) is 0. The lowest BCUT2D eigenvalue weighted by Gasteiger charge is -2.04. The summed E-state index contributed by atoms with van der Waals surface area (Å²) in [5.41, 5.74) is 2.22. The van der Waals surface area contributed by atoms with Gasteiger partial charge in [0.1, 0.15) is 4.90 Å². The van der Waals surface area contributed by atoms with Gasteiger partial charge in [0.05, 0.1) is 12.4 Å². The number of hydrogen-bond donors (Lipinski definition) is 3. The molecule has 1 heterocycles. The minimum atomic E-state index is -3.47. The first-order valence-electron chi connectivity index (χ1n) is 4.43. The van der Waals surface area contributed by atoms with Gasteiger partial charge in [-0.3, -0.25) is 5.43 Å². The molecule has 1 saturated carbocycles. The van der Waals surface area contributed by atoms with Crippen molar-refractivity contribution in [3.63, 3.8) is 0 Å². The highest BCUT2D eigenvalue weighted by molar-refractivity contribution is 7.89. The summed E-state index contributed by atoms with van der Waals surface area (Å²) in [4.78, 5) is 7.50. The van der Waals surface area contributed by atoms with Gasteiger partial charge in [-0.15, -0.1) is 0 Å². The molecule has 0 amide bonds. The van der Waals surface area contributed by atoms with Gasteiger partial charge in [0.25, 0.3) is 0 Å². The van der Waals surface area contributed by atoms with Gasteiger partial charge in [-0.05, 0) is 12.8 Å². The number of nitrogens with zero attached hydrogens (tertiary/aromatic N) is 2. The smallest absolute Gasteiger partial charge is 0.243 e. The van der Waals surface area contributed by atoms with Gasteiger partial charge in [-0.1, -0.05) is 0 Å². The van der Waals surface area contributed by atoms with Crippen LogP contribution in [0, 0.1) is 0 Å². The number of nitrogens with two attached hydrogens (primary N) is 1. The zero-order valence-corrected chi connectivity index (χ0v) is 8.66. The third-order valence-corrected chi connectivity index (χ3v) is 3.44. The number of aromatic nitrogens is 2. The van der Waals surface area contributed by atoms with Crippen LogP contribution in [0.2, 0.25) is 0 Å². The van der Waals surface area contributed by atoms with E-state index in [2.05, 4.69) is 20.1 Å². The Kier molecular flexibility index (Phi) is 2.55. The quantitative estimate of drug-likeness (QED) is 0.460. The average molecular weight is 229 g/mol. The van der Waals surface area contributed by atoms with Crippen molar-refractivity contribution in [2.24, 2.45) is 5.84 Å². The highest BCUT2D eigenvalue weighted by atomic mass is 32.2. The second-order valence-corrected chi connectivity index (χ2v) is 5.00.